The summed E-state index contributed by atoms with van der Waals surface area (Å²) >= 11 is 0. The molecule has 1 unspecified atom stereocenters. The highest BCUT2D eigenvalue weighted by atomic mass is 16.2. The molecule has 1 aliphatic heterocycles. The highest BCUT2D eigenvalue weighted by molar-refractivity contribution is 5.42. The summed E-state index contributed by atoms with van der Waals surface area (Å²) in [7, 11) is 0. The van der Waals surface area contributed by atoms with Gasteiger partial charge >= 0.3 is 5.69 Å². The molecule has 1 fully saturated rings. The van der Waals surface area contributed by atoms with Gasteiger partial charge in [0.15, 0.2) is 5.65 Å². The van der Waals surface area contributed by atoms with Crippen LogP contribution in [-0.4, -0.2) is 39.4 Å². The lowest BCUT2D eigenvalue weighted by atomic mass is 10.00. The van der Waals surface area contributed by atoms with Crippen molar-refractivity contribution in [2.45, 2.75) is 12.8 Å². The van der Waals surface area contributed by atoms with Gasteiger partial charge in [-0.25, -0.2) is 9.89 Å². The first-order chi connectivity index (χ1) is 8.83. The van der Waals surface area contributed by atoms with Crippen molar-refractivity contribution in [2.75, 3.05) is 25.0 Å². The zero-order chi connectivity index (χ0) is 12.4. The highest BCUT2D eigenvalue weighted by Crippen LogP contribution is 2.11. The van der Waals surface area contributed by atoms with Crippen LogP contribution in [0.3, 0.4) is 0 Å². The summed E-state index contributed by atoms with van der Waals surface area (Å²) < 4.78 is 1.27. The largest absolute Gasteiger partial charge is 0.368 e. The van der Waals surface area contributed by atoms with E-state index in [4.69, 9.17) is 0 Å². The lowest BCUT2D eigenvalue weighted by Gasteiger charge is -2.22. The Balaban J connectivity index is 1.70. The van der Waals surface area contributed by atoms with Crippen molar-refractivity contribution in [3.05, 3.63) is 22.6 Å². The summed E-state index contributed by atoms with van der Waals surface area (Å²) in [5.74, 6) is 1.33. The van der Waals surface area contributed by atoms with E-state index in [0.717, 1.165) is 19.6 Å². The second-order valence-corrected chi connectivity index (χ2v) is 4.61. The van der Waals surface area contributed by atoms with E-state index in [1.165, 1.54) is 17.4 Å². The summed E-state index contributed by atoms with van der Waals surface area (Å²) in [5.41, 5.74) is 0.220. The first-order valence-electron chi connectivity index (χ1n) is 6.22. The molecule has 0 amide bonds. The van der Waals surface area contributed by atoms with Crippen LogP contribution >= 0.6 is 0 Å². The molecule has 1 atom stereocenters. The molecule has 3 rings (SSSR count). The van der Waals surface area contributed by atoms with E-state index in [9.17, 15) is 4.79 Å². The van der Waals surface area contributed by atoms with Crippen molar-refractivity contribution in [1.82, 2.24) is 25.1 Å². The van der Waals surface area contributed by atoms with Crippen LogP contribution in [0.2, 0.25) is 0 Å². The molecular weight excluding hydrogens is 232 g/mol. The molecule has 2 aromatic heterocycles. The van der Waals surface area contributed by atoms with Crippen molar-refractivity contribution >= 4 is 11.5 Å². The van der Waals surface area contributed by atoms with Gasteiger partial charge in [0.05, 0.1) is 0 Å². The molecular formula is C11H16N6O. The molecule has 0 aromatic carbocycles. The molecule has 0 saturated carbocycles. The molecule has 18 heavy (non-hydrogen) atoms. The Kier molecular flexibility index (Phi) is 2.97. The van der Waals surface area contributed by atoms with Crippen LogP contribution in [0.15, 0.2) is 16.9 Å². The van der Waals surface area contributed by atoms with Gasteiger partial charge in [-0.3, -0.25) is 0 Å². The van der Waals surface area contributed by atoms with Gasteiger partial charge in [-0.05, 0) is 44.0 Å². The van der Waals surface area contributed by atoms with Crippen LogP contribution in [0.1, 0.15) is 12.8 Å². The van der Waals surface area contributed by atoms with Crippen molar-refractivity contribution in [2.24, 2.45) is 5.92 Å². The molecule has 1 aliphatic rings. The van der Waals surface area contributed by atoms with Crippen LogP contribution in [0.4, 0.5) is 5.82 Å². The minimum atomic E-state index is -0.312. The van der Waals surface area contributed by atoms with E-state index >= 15 is 0 Å². The van der Waals surface area contributed by atoms with Gasteiger partial charge in [0.1, 0.15) is 5.82 Å². The van der Waals surface area contributed by atoms with Gasteiger partial charge in [0.2, 0.25) is 0 Å². The number of piperidine rings is 1. The Morgan fingerprint density at radius 1 is 1.50 bits per heavy atom. The Labute approximate surface area is 104 Å². The predicted octanol–water partition coefficient (Wildman–Crippen LogP) is -0.171. The fourth-order valence-electron chi connectivity index (χ4n) is 2.24. The molecule has 7 heteroatoms. The lowest BCUT2D eigenvalue weighted by Crippen LogP contribution is -2.33. The zero-order valence-electron chi connectivity index (χ0n) is 10.0. The third-order valence-electron chi connectivity index (χ3n) is 3.24. The summed E-state index contributed by atoms with van der Waals surface area (Å²) in [4.78, 5) is 11.4. The number of nitrogens with one attached hydrogen (secondary N) is 3. The van der Waals surface area contributed by atoms with Crippen LogP contribution in [-0.2, 0) is 0 Å². The maximum absolute atomic E-state index is 11.4. The minimum absolute atomic E-state index is 0.312. The molecule has 3 heterocycles. The molecule has 0 spiro atoms. The SMILES string of the molecule is O=c1[nH]nc2ccc(NCC3CCCNC3)nn12. The van der Waals surface area contributed by atoms with Crippen LogP contribution in [0.25, 0.3) is 5.65 Å². The van der Waals surface area contributed by atoms with E-state index < -0.39 is 0 Å². The normalized spacial score (nSPS) is 20.1. The van der Waals surface area contributed by atoms with Crippen molar-refractivity contribution < 1.29 is 0 Å². The molecule has 0 bridgehead atoms. The van der Waals surface area contributed by atoms with E-state index in [2.05, 4.69) is 25.9 Å². The van der Waals surface area contributed by atoms with Crippen LogP contribution < -0.4 is 16.3 Å². The Hall–Kier alpha value is -1.89. The minimum Gasteiger partial charge on any atom is -0.368 e. The Morgan fingerprint density at radius 3 is 3.28 bits per heavy atom. The van der Waals surface area contributed by atoms with Crippen molar-refractivity contribution in [3.63, 3.8) is 0 Å². The first-order valence-corrected chi connectivity index (χ1v) is 6.22. The number of aromatic amines is 1. The number of hydrogen-bond acceptors (Lipinski definition) is 5. The lowest BCUT2D eigenvalue weighted by molar-refractivity contribution is 0.392. The summed E-state index contributed by atoms with van der Waals surface area (Å²) in [6, 6.07) is 3.61. The molecule has 7 nitrogen and oxygen atoms in total. The summed E-state index contributed by atoms with van der Waals surface area (Å²) in [6.07, 6.45) is 2.45. The summed E-state index contributed by atoms with van der Waals surface area (Å²) in [5, 5.41) is 17.0. The van der Waals surface area contributed by atoms with E-state index in [-0.39, 0.29) is 5.69 Å². The first kappa shape index (κ1) is 11.2. The predicted molar refractivity (Wildman–Crippen MR) is 67.7 cm³/mol. The van der Waals surface area contributed by atoms with Crippen molar-refractivity contribution in [3.8, 4) is 0 Å². The van der Waals surface area contributed by atoms with Gasteiger partial charge in [-0.2, -0.15) is 9.61 Å². The van der Waals surface area contributed by atoms with Gasteiger partial charge in [-0.15, -0.1) is 5.10 Å². The summed E-state index contributed by atoms with van der Waals surface area (Å²) in [6.45, 7) is 3.03. The Morgan fingerprint density at radius 2 is 2.44 bits per heavy atom. The second kappa shape index (κ2) is 4.77. The van der Waals surface area contributed by atoms with Crippen LogP contribution in [0, 0.1) is 5.92 Å². The third-order valence-corrected chi connectivity index (χ3v) is 3.24. The molecule has 3 N–H and O–H groups in total. The van der Waals surface area contributed by atoms with E-state index in [1.807, 2.05) is 6.07 Å². The van der Waals surface area contributed by atoms with Crippen LogP contribution in [0.5, 0.6) is 0 Å². The van der Waals surface area contributed by atoms with E-state index in [0.29, 0.717) is 17.4 Å². The quantitative estimate of drug-likeness (QED) is 0.702. The number of anilines is 1. The number of aromatic nitrogens is 4. The fourth-order valence-corrected chi connectivity index (χ4v) is 2.24. The molecule has 0 radical (unpaired) electrons. The number of hydrogen-bond donors (Lipinski definition) is 3. The molecule has 2 aromatic rings. The maximum Gasteiger partial charge on any atom is 0.364 e. The number of rotatable bonds is 3. The second-order valence-electron chi connectivity index (χ2n) is 4.61. The van der Waals surface area contributed by atoms with Gasteiger partial charge in [-0.1, -0.05) is 0 Å². The third kappa shape index (κ3) is 2.21. The fraction of sp³-hybridized carbons (Fsp3) is 0.545. The molecule has 96 valence electrons. The number of fused-ring (bicyclic) bond motifs is 1. The Bertz CT molecular complexity index is 582. The zero-order valence-corrected chi connectivity index (χ0v) is 10.0. The van der Waals surface area contributed by atoms with Gasteiger partial charge < -0.3 is 10.6 Å². The number of nitrogens with zero attached hydrogens (tertiary/aromatic N) is 3. The van der Waals surface area contributed by atoms with Gasteiger partial charge in [0.25, 0.3) is 0 Å². The average molecular weight is 248 g/mol. The molecule has 1 saturated heterocycles. The van der Waals surface area contributed by atoms with Gasteiger partial charge in [0, 0.05) is 6.54 Å². The monoisotopic (exact) mass is 248 g/mol. The maximum atomic E-state index is 11.4. The average Bonchev–Trinajstić information content (AvgIpc) is 2.79. The molecule has 0 aliphatic carbocycles. The van der Waals surface area contributed by atoms with Crippen molar-refractivity contribution in [1.29, 1.82) is 0 Å². The standard InChI is InChI=1S/C11H16N6O/c18-11-15-14-10-4-3-9(16-17(10)11)13-7-8-2-1-5-12-6-8/h3-4,8,12H,1-2,5-7H2,(H,13,16)(H,15,18). The highest BCUT2D eigenvalue weighted by Gasteiger charge is 2.12. The smallest absolute Gasteiger partial charge is 0.364 e. The van der Waals surface area contributed by atoms with E-state index in [1.54, 1.807) is 6.07 Å². The number of H-pyrrole nitrogens is 1. The topological polar surface area (TPSA) is 87.1 Å².